The highest BCUT2D eigenvalue weighted by atomic mass is 16.5. The van der Waals surface area contributed by atoms with Crippen molar-refractivity contribution in [2.75, 3.05) is 13.2 Å². The van der Waals surface area contributed by atoms with Gasteiger partial charge in [-0.15, -0.1) is 0 Å². The second kappa shape index (κ2) is 4.27. The third kappa shape index (κ3) is 2.14. The molecular formula is C9H17NO. The predicted molar refractivity (Wildman–Crippen MR) is 46.2 cm³/mol. The average Bonchev–Trinajstić information content (AvgIpc) is 2.09. The van der Waals surface area contributed by atoms with Gasteiger partial charge in [0.25, 0.3) is 0 Å². The molecule has 0 aromatic carbocycles. The maximum atomic E-state index is 5.49. The van der Waals surface area contributed by atoms with Gasteiger partial charge in [-0.25, -0.2) is 0 Å². The van der Waals surface area contributed by atoms with Gasteiger partial charge in [-0.05, 0) is 24.8 Å². The van der Waals surface area contributed by atoms with Gasteiger partial charge in [-0.2, -0.15) is 0 Å². The first-order valence-electron chi connectivity index (χ1n) is 4.47. The molecule has 0 spiro atoms. The number of hydrogen-bond acceptors (Lipinski definition) is 2. The maximum absolute atomic E-state index is 5.49. The van der Waals surface area contributed by atoms with Gasteiger partial charge in [0, 0.05) is 6.54 Å². The van der Waals surface area contributed by atoms with Gasteiger partial charge in [0.05, 0.1) is 6.61 Å². The number of hydrogen-bond donors (Lipinski definition) is 1. The monoisotopic (exact) mass is 155 g/mol. The Morgan fingerprint density at radius 3 is 2.64 bits per heavy atom. The molecule has 1 N–H and O–H groups in total. The highest BCUT2D eigenvalue weighted by molar-refractivity contribution is 5.06. The van der Waals surface area contributed by atoms with Crippen LogP contribution in [0, 0.1) is 0 Å². The summed E-state index contributed by atoms with van der Waals surface area (Å²) >= 11 is 0. The van der Waals surface area contributed by atoms with Crippen LogP contribution in [0.5, 0.6) is 0 Å². The first-order chi connectivity index (χ1) is 5.38. The number of rotatable bonds is 2. The van der Waals surface area contributed by atoms with Gasteiger partial charge in [0.15, 0.2) is 5.88 Å². The zero-order valence-corrected chi connectivity index (χ0v) is 7.44. The second-order valence-electron chi connectivity index (χ2n) is 2.77. The fraction of sp³-hybridized carbons (Fsp3) is 0.778. The zero-order valence-electron chi connectivity index (χ0n) is 7.44. The molecule has 0 bridgehead atoms. The third-order valence-corrected chi connectivity index (χ3v) is 2.03. The van der Waals surface area contributed by atoms with Crippen LogP contribution in [0.2, 0.25) is 0 Å². The summed E-state index contributed by atoms with van der Waals surface area (Å²) in [5.41, 5.74) is 1.41. The minimum absolute atomic E-state index is 0.881. The van der Waals surface area contributed by atoms with Crippen LogP contribution in [0.4, 0.5) is 0 Å². The Hall–Kier alpha value is -0.660. The Balaban J connectivity index is 2.57. The topological polar surface area (TPSA) is 21.3 Å². The molecule has 64 valence electrons. The third-order valence-electron chi connectivity index (χ3n) is 2.03. The minimum atomic E-state index is 0.881. The largest absolute Gasteiger partial charge is 0.479 e. The van der Waals surface area contributed by atoms with Crippen LogP contribution in [0.25, 0.3) is 0 Å². The van der Waals surface area contributed by atoms with Crippen molar-refractivity contribution in [3.05, 3.63) is 11.5 Å². The van der Waals surface area contributed by atoms with Gasteiger partial charge < -0.3 is 10.1 Å². The van der Waals surface area contributed by atoms with E-state index in [0.29, 0.717) is 0 Å². The van der Waals surface area contributed by atoms with E-state index in [2.05, 4.69) is 19.2 Å². The molecule has 2 nitrogen and oxygen atoms in total. The molecule has 0 saturated carbocycles. The molecule has 0 radical (unpaired) electrons. The Bertz CT molecular complexity index is 138. The molecule has 0 amide bonds. The molecule has 0 atom stereocenters. The van der Waals surface area contributed by atoms with Crippen molar-refractivity contribution >= 4 is 0 Å². The second-order valence-corrected chi connectivity index (χ2v) is 2.77. The molecule has 1 aliphatic rings. The van der Waals surface area contributed by atoms with E-state index in [-0.39, 0.29) is 0 Å². The van der Waals surface area contributed by atoms with E-state index in [0.717, 1.165) is 38.3 Å². The molecule has 1 fully saturated rings. The Morgan fingerprint density at radius 1 is 1.45 bits per heavy atom. The van der Waals surface area contributed by atoms with Crippen molar-refractivity contribution in [3.63, 3.8) is 0 Å². The lowest BCUT2D eigenvalue weighted by molar-refractivity contribution is 0.152. The van der Waals surface area contributed by atoms with Crippen LogP contribution in [0.1, 0.15) is 33.1 Å². The van der Waals surface area contributed by atoms with Crippen molar-refractivity contribution in [1.82, 2.24) is 5.32 Å². The van der Waals surface area contributed by atoms with Crippen molar-refractivity contribution in [2.45, 2.75) is 33.1 Å². The maximum Gasteiger partial charge on any atom is 0.185 e. The summed E-state index contributed by atoms with van der Waals surface area (Å²) in [6, 6.07) is 0. The molecule has 1 aliphatic heterocycles. The first kappa shape index (κ1) is 8.44. The molecule has 1 heterocycles. The van der Waals surface area contributed by atoms with Gasteiger partial charge in [-0.3, -0.25) is 0 Å². The predicted octanol–water partition coefficient (Wildman–Crippen LogP) is 2.03. The van der Waals surface area contributed by atoms with Crippen LogP contribution in [-0.4, -0.2) is 13.2 Å². The molecule has 0 unspecified atom stereocenters. The van der Waals surface area contributed by atoms with Crippen molar-refractivity contribution in [3.8, 4) is 0 Å². The highest BCUT2D eigenvalue weighted by Crippen LogP contribution is 2.13. The van der Waals surface area contributed by atoms with Gasteiger partial charge >= 0.3 is 0 Å². The minimum Gasteiger partial charge on any atom is -0.479 e. The summed E-state index contributed by atoms with van der Waals surface area (Å²) in [6.45, 7) is 6.29. The molecule has 0 aromatic rings. The van der Waals surface area contributed by atoms with E-state index in [4.69, 9.17) is 4.74 Å². The van der Waals surface area contributed by atoms with E-state index in [1.54, 1.807) is 0 Å². The molecule has 2 heteroatoms. The average molecular weight is 155 g/mol. The standard InChI is InChI=1S/C9H17NO/c1-3-8(4-2)9-10-6-5-7-11-9/h10H,3-7H2,1-2H3. The van der Waals surface area contributed by atoms with Crippen LogP contribution in [0.15, 0.2) is 11.5 Å². The number of ether oxygens (including phenoxy) is 1. The highest BCUT2D eigenvalue weighted by Gasteiger charge is 2.08. The lowest BCUT2D eigenvalue weighted by Crippen LogP contribution is -2.26. The van der Waals surface area contributed by atoms with Gasteiger partial charge in [-0.1, -0.05) is 13.8 Å². The fourth-order valence-corrected chi connectivity index (χ4v) is 1.30. The van der Waals surface area contributed by atoms with Gasteiger partial charge in [0.1, 0.15) is 0 Å². The summed E-state index contributed by atoms with van der Waals surface area (Å²) < 4.78 is 5.49. The number of allylic oxidation sites excluding steroid dienone is 1. The quantitative estimate of drug-likeness (QED) is 0.658. The summed E-state index contributed by atoms with van der Waals surface area (Å²) in [7, 11) is 0. The molecule has 0 aliphatic carbocycles. The molecule has 1 saturated heterocycles. The normalized spacial score (nSPS) is 17.1. The Kier molecular flexibility index (Phi) is 3.27. The van der Waals surface area contributed by atoms with E-state index < -0.39 is 0 Å². The molecule has 11 heavy (non-hydrogen) atoms. The van der Waals surface area contributed by atoms with E-state index >= 15 is 0 Å². The van der Waals surface area contributed by atoms with E-state index in [9.17, 15) is 0 Å². The van der Waals surface area contributed by atoms with Crippen LogP contribution >= 0.6 is 0 Å². The summed E-state index contributed by atoms with van der Waals surface area (Å²) in [4.78, 5) is 0. The SMILES string of the molecule is CCC(CC)=C1NCCCO1. The van der Waals surface area contributed by atoms with E-state index in [1.807, 2.05) is 0 Å². The summed E-state index contributed by atoms with van der Waals surface area (Å²) in [5, 5.41) is 3.28. The fourth-order valence-electron chi connectivity index (χ4n) is 1.30. The van der Waals surface area contributed by atoms with Crippen LogP contribution < -0.4 is 5.32 Å². The number of nitrogens with one attached hydrogen (secondary N) is 1. The molecule has 0 aromatic heterocycles. The van der Waals surface area contributed by atoms with Crippen LogP contribution in [0.3, 0.4) is 0 Å². The molecule has 1 rings (SSSR count). The lowest BCUT2D eigenvalue weighted by Gasteiger charge is -2.21. The molecular weight excluding hydrogens is 138 g/mol. The summed E-state index contributed by atoms with van der Waals surface area (Å²) in [6.07, 6.45) is 3.32. The Labute approximate surface area is 68.6 Å². The van der Waals surface area contributed by atoms with Crippen molar-refractivity contribution in [1.29, 1.82) is 0 Å². The zero-order chi connectivity index (χ0) is 8.10. The van der Waals surface area contributed by atoms with Gasteiger partial charge in [0.2, 0.25) is 0 Å². The van der Waals surface area contributed by atoms with Crippen LogP contribution in [-0.2, 0) is 4.74 Å². The first-order valence-corrected chi connectivity index (χ1v) is 4.47. The van der Waals surface area contributed by atoms with E-state index in [1.165, 1.54) is 5.57 Å². The smallest absolute Gasteiger partial charge is 0.185 e. The summed E-state index contributed by atoms with van der Waals surface area (Å²) in [5.74, 6) is 1.04. The Morgan fingerprint density at radius 2 is 2.18 bits per heavy atom. The lowest BCUT2D eigenvalue weighted by atomic mass is 10.1. The van der Waals surface area contributed by atoms with Crippen molar-refractivity contribution < 1.29 is 4.74 Å². The van der Waals surface area contributed by atoms with Crippen molar-refractivity contribution in [2.24, 2.45) is 0 Å².